The van der Waals surface area contributed by atoms with Gasteiger partial charge < -0.3 is 20.3 Å². The Kier molecular flexibility index (Phi) is 8.09. The average Bonchev–Trinajstić information content (AvgIpc) is 3.02. The highest BCUT2D eigenvalue weighted by Gasteiger charge is 2.54. The van der Waals surface area contributed by atoms with Crippen molar-refractivity contribution in [1.29, 1.82) is 0 Å². The average molecular weight is 583 g/mol. The zero-order valence-electron chi connectivity index (χ0n) is 20.4. The largest absolute Gasteiger partial charge is 0.458 e. The second-order valence-electron chi connectivity index (χ2n) is 9.31. The lowest BCUT2D eigenvalue weighted by atomic mass is 9.89. The number of ether oxygens (including phenoxy) is 1. The van der Waals surface area contributed by atoms with Gasteiger partial charge in [-0.15, -0.1) is 0 Å². The number of rotatable bonds is 3. The Balaban J connectivity index is 0.000000263. The van der Waals surface area contributed by atoms with Gasteiger partial charge >= 0.3 is 30.1 Å². The first-order valence-electron chi connectivity index (χ1n) is 12.0. The van der Waals surface area contributed by atoms with E-state index in [1.165, 1.54) is 23.4 Å². The molecule has 0 amide bonds. The van der Waals surface area contributed by atoms with E-state index in [1.807, 2.05) is 12.1 Å². The van der Waals surface area contributed by atoms with Crippen molar-refractivity contribution in [2.45, 2.75) is 43.5 Å². The molecule has 3 heterocycles. The number of benzene rings is 2. The molecule has 5 rings (SSSR count). The van der Waals surface area contributed by atoms with Crippen LogP contribution in [0.3, 0.4) is 0 Å². The number of piperidine rings is 1. The Bertz CT molecular complexity index is 1250. The van der Waals surface area contributed by atoms with E-state index in [9.17, 15) is 49.1 Å². The van der Waals surface area contributed by atoms with E-state index in [0.29, 0.717) is 30.9 Å². The number of para-hydroxylation sites is 1. The number of ketones is 2. The maximum atomic E-state index is 13.4. The van der Waals surface area contributed by atoms with Gasteiger partial charge in [-0.3, -0.25) is 9.59 Å². The van der Waals surface area contributed by atoms with E-state index in [4.69, 9.17) is 4.74 Å². The molecule has 218 valence electrons. The highest BCUT2D eigenvalue weighted by atomic mass is 19.4. The monoisotopic (exact) mass is 583 g/mol. The Morgan fingerprint density at radius 1 is 0.950 bits per heavy atom. The van der Waals surface area contributed by atoms with Gasteiger partial charge in [0, 0.05) is 42.0 Å². The fourth-order valence-electron chi connectivity index (χ4n) is 5.11. The van der Waals surface area contributed by atoms with Crippen LogP contribution in [0, 0.1) is 0 Å². The molecule has 3 aliphatic rings. The predicted molar refractivity (Wildman–Crippen MR) is 124 cm³/mol. The maximum Gasteiger partial charge on any atom is 0.458 e. The lowest BCUT2D eigenvalue weighted by Crippen LogP contribution is -2.44. The van der Waals surface area contributed by atoms with Crippen molar-refractivity contribution < 1.29 is 53.8 Å². The molecule has 3 aliphatic heterocycles. The molecule has 1 fully saturated rings. The first-order chi connectivity index (χ1) is 18.6. The van der Waals surface area contributed by atoms with Gasteiger partial charge in [-0.25, -0.2) is 0 Å². The number of halogens is 9. The van der Waals surface area contributed by atoms with E-state index in [0.717, 1.165) is 37.7 Å². The Morgan fingerprint density at radius 3 is 2.23 bits per heavy atom. The van der Waals surface area contributed by atoms with Gasteiger partial charge in [0.25, 0.3) is 0 Å². The number of hydrogen-bond donors (Lipinski definition) is 2. The number of fused-ring (bicyclic) bond motifs is 3. The molecule has 2 aromatic rings. The molecule has 1 saturated heterocycles. The highest BCUT2D eigenvalue weighted by Crippen LogP contribution is 2.48. The third-order valence-electron chi connectivity index (χ3n) is 6.72. The second-order valence-corrected chi connectivity index (χ2v) is 9.31. The minimum Gasteiger partial charge on any atom is -0.375 e. The minimum absolute atomic E-state index is 0.0739. The summed E-state index contributed by atoms with van der Waals surface area (Å²) in [6.45, 7) is 3.92. The van der Waals surface area contributed by atoms with Gasteiger partial charge in [-0.1, -0.05) is 12.1 Å². The molecule has 0 spiro atoms. The van der Waals surface area contributed by atoms with E-state index in [1.54, 1.807) is 6.07 Å². The van der Waals surface area contributed by atoms with Gasteiger partial charge in [0.1, 0.15) is 0 Å². The summed E-state index contributed by atoms with van der Waals surface area (Å²) < 4.78 is 113. The van der Waals surface area contributed by atoms with Crippen LogP contribution in [-0.4, -0.2) is 56.2 Å². The summed E-state index contributed by atoms with van der Waals surface area (Å²) in [6.07, 6.45) is -14.9. The molecule has 40 heavy (non-hydrogen) atoms. The van der Waals surface area contributed by atoms with E-state index in [-0.39, 0.29) is 5.69 Å². The Labute approximate surface area is 221 Å². The normalized spacial score (nSPS) is 20.5. The van der Waals surface area contributed by atoms with E-state index < -0.39 is 35.7 Å². The molecule has 2 N–H and O–H groups in total. The number of carbonyl (C=O) groups is 2. The fraction of sp³-hybridized carbons (Fsp3) is 0.440. The molecule has 6 nitrogen and oxygen atoms in total. The highest BCUT2D eigenvalue weighted by molar-refractivity contribution is 6.41. The van der Waals surface area contributed by atoms with Crippen LogP contribution < -0.4 is 15.5 Å². The number of Topliss-reactive ketones (excluding diaryl/α,β-unsaturated/α-hetero) is 2. The van der Waals surface area contributed by atoms with Gasteiger partial charge in [0.05, 0.1) is 24.5 Å². The van der Waals surface area contributed by atoms with Crippen LogP contribution in [0.25, 0.3) is 0 Å². The molecule has 0 aliphatic carbocycles. The van der Waals surface area contributed by atoms with Gasteiger partial charge in [0.15, 0.2) is 0 Å². The Morgan fingerprint density at radius 2 is 1.60 bits per heavy atom. The van der Waals surface area contributed by atoms with Crippen molar-refractivity contribution in [3.8, 4) is 0 Å². The first-order valence-corrected chi connectivity index (χ1v) is 12.0. The van der Waals surface area contributed by atoms with Crippen LogP contribution in [0.4, 0.5) is 56.6 Å². The number of nitrogens with zero attached hydrogens (tertiary/aromatic N) is 1. The maximum absolute atomic E-state index is 13.4. The number of anilines is 3. The Hall–Kier alpha value is -3.33. The lowest BCUT2D eigenvalue weighted by Gasteiger charge is -2.33. The van der Waals surface area contributed by atoms with Crippen molar-refractivity contribution in [2.24, 2.45) is 0 Å². The van der Waals surface area contributed by atoms with Crippen molar-refractivity contribution in [1.82, 2.24) is 5.32 Å². The fourth-order valence-corrected chi connectivity index (χ4v) is 5.11. The summed E-state index contributed by atoms with van der Waals surface area (Å²) in [7, 11) is 0. The summed E-state index contributed by atoms with van der Waals surface area (Å²) >= 11 is 0. The van der Waals surface area contributed by atoms with Gasteiger partial charge in [-0.05, 0) is 42.8 Å². The van der Waals surface area contributed by atoms with E-state index in [2.05, 4.69) is 15.5 Å². The number of hydrogen-bond acceptors (Lipinski definition) is 6. The summed E-state index contributed by atoms with van der Waals surface area (Å²) in [4.78, 5) is 21.7. The summed E-state index contributed by atoms with van der Waals surface area (Å²) in [6, 6.07) is 10.0. The van der Waals surface area contributed by atoms with E-state index >= 15 is 0 Å². The quantitative estimate of drug-likeness (QED) is 0.368. The molecular weight excluding hydrogens is 561 g/mol. The van der Waals surface area contributed by atoms with Crippen LogP contribution in [0.2, 0.25) is 0 Å². The molecule has 0 unspecified atom stereocenters. The van der Waals surface area contributed by atoms with Crippen LogP contribution in [0.15, 0.2) is 36.4 Å². The van der Waals surface area contributed by atoms with Crippen LogP contribution in [0.5, 0.6) is 0 Å². The number of alkyl halides is 9. The van der Waals surface area contributed by atoms with Gasteiger partial charge in [0.2, 0.25) is 0 Å². The summed E-state index contributed by atoms with van der Waals surface area (Å²) in [5.74, 6) is -6.45. The zero-order chi connectivity index (χ0) is 29.5. The van der Waals surface area contributed by atoms with Crippen LogP contribution in [-0.2, 0) is 27.1 Å². The smallest absolute Gasteiger partial charge is 0.375 e. The third-order valence-corrected chi connectivity index (χ3v) is 6.72. The SMILES string of the molecule is FC(F)(F)c1ccccc1Nc1cc2c3c(c1)[C@@H]1CNCC[C@@H]1N3CCOC2.O=C(C(=O)C(F)(F)F)C(F)(F)F. The number of nitrogens with one attached hydrogen (secondary N) is 2. The molecule has 2 aromatic carbocycles. The van der Waals surface area contributed by atoms with Crippen molar-refractivity contribution >= 4 is 28.6 Å². The predicted octanol–water partition coefficient (Wildman–Crippen LogP) is 5.49. The zero-order valence-corrected chi connectivity index (χ0v) is 20.4. The van der Waals surface area contributed by atoms with Crippen molar-refractivity contribution in [2.75, 3.05) is 36.5 Å². The third kappa shape index (κ3) is 6.19. The van der Waals surface area contributed by atoms with Crippen molar-refractivity contribution in [3.63, 3.8) is 0 Å². The molecule has 0 saturated carbocycles. The van der Waals surface area contributed by atoms with Crippen LogP contribution >= 0.6 is 0 Å². The standard InChI is InChI=1S/C21H22F3N3O.C4F6O2/c22-21(23,24)17-3-1-2-4-18(17)26-14-9-13-12-28-8-7-27-19-5-6-25-11-16(19)15(10-14)20(13)27;5-3(6,7)1(11)2(12)4(8,9)10/h1-4,9-10,16,19,25-26H,5-8,11-12H2;/t16-,19-;/m0./s1. The summed E-state index contributed by atoms with van der Waals surface area (Å²) in [5, 5.41) is 6.49. The molecule has 0 radical (unpaired) electrons. The second kappa shape index (κ2) is 10.9. The topological polar surface area (TPSA) is 70.7 Å². The van der Waals surface area contributed by atoms with Gasteiger partial charge in [-0.2, -0.15) is 39.5 Å². The minimum atomic E-state index is -5.77. The summed E-state index contributed by atoms with van der Waals surface area (Å²) in [5.41, 5.74) is 3.60. The molecular formula is C25H22F9N3O3. The molecule has 0 bridgehead atoms. The lowest BCUT2D eigenvalue weighted by molar-refractivity contribution is -0.193. The van der Waals surface area contributed by atoms with Crippen LogP contribution in [0.1, 0.15) is 29.0 Å². The van der Waals surface area contributed by atoms with Crippen molar-refractivity contribution in [3.05, 3.63) is 53.1 Å². The molecule has 2 atom stereocenters. The first kappa shape index (κ1) is 29.6. The molecule has 0 aromatic heterocycles. The number of carbonyl (C=O) groups excluding carboxylic acids is 2. The molecule has 15 heteroatoms.